The number of fused-ring (bicyclic) bond motifs is 1. The molecule has 164 valence electrons. The van der Waals surface area contributed by atoms with Crippen LogP contribution in [0.1, 0.15) is 40.9 Å². The van der Waals surface area contributed by atoms with Gasteiger partial charge in [-0.25, -0.2) is 4.99 Å². The molecule has 0 saturated heterocycles. The number of carbonyl (C=O) groups excluding carboxylic acids is 1. The molecule has 3 heterocycles. The normalized spacial score (nSPS) is 14.4. The van der Waals surface area contributed by atoms with Gasteiger partial charge in [-0.2, -0.15) is 4.99 Å². The van der Waals surface area contributed by atoms with E-state index >= 15 is 0 Å². The van der Waals surface area contributed by atoms with Gasteiger partial charge >= 0.3 is 5.97 Å². The molecule has 0 atom stereocenters. The molecule has 0 aliphatic carbocycles. The third-order valence-electron chi connectivity index (χ3n) is 4.95. The second kappa shape index (κ2) is 9.41. The van der Waals surface area contributed by atoms with Crippen LogP contribution in [0.3, 0.4) is 0 Å². The van der Waals surface area contributed by atoms with E-state index in [1.54, 1.807) is 34.9 Å². The Bertz CT molecular complexity index is 1500. The summed E-state index contributed by atoms with van der Waals surface area (Å²) in [6.45, 7) is 0.523. The molecule has 0 unspecified atom stereocenters. The summed E-state index contributed by atoms with van der Waals surface area (Å²) in [6.07, 6.45) is 5.16. The highest BCUT2D eigenvalue weighted by molar-refractivity contribution is 7.73. The molecule has 2 aromatic heterocycles. The Morgan fingerprint density at radius 1 is 1.22 bits per heavy atom. The third-order valence-corrected chi connectivity index (χ3v) is 6.34. The molecule has 0 radical (unpaired) electrons. The molecule has 32 heavy (non-hydrogen) atoms. The number of benzene rings is 1. The number of hydrogen-bond donors (Lipinski definition) is 2. The van der Waals surface area contributed by atoms with Crippen molar-refractivity contribution in [2.45, 2.75) is 32.2 Å². The molecule has 10 heteroatoms. The zero-order valence-corrected chi connectivity index (χ0v) is 18.5. The van der Waals surface area contributed by atoms with Crippen molar-refractivity contribution in [1.29, 1.82) is 0 Å². The minimum Gasteiger partial charge on any atom is -0.493 e. The largest absolute Gasteiger partial charge is 0.493 e. The quantitative estimate of drug-likeness (QED) is 0.406. The van der Waals surface area contributed by atoms with Gasteiger partial charge in [0.15, 0.2) is 3.95 Å². The minimum atomic E-state index is -0.805. The molecule has 0 fully saturated rings. The molecule has 1 aliphatic rings. The predicted octanol–water partition coefficient (Wildman–Crippen LogP) is 3.14. The summed E-state index contributed by atoms with van der Waals surface area (Å²) in [7, 11) is 0. The van der Waals surface area contributed by atoms with Crippen LogP contribution in [0.25, 0.3) is 6.08 Å². The van der Waals surface area contributed by atoms with E-state index in [1.165, 1.54) is 17.7 Å². The molecule has 0 spiro atoms. The molecule has 2 N–H and O–H groups in total. The molecule has 3 aromatic rings. The highest BCUT2D eigenvalue weighted by Gasteiger charge is 2.11. The number of aromatic hydroxyl groups is 1. The van der Waals surface area contributed by atoms with Gasteiger partial charge < -0.3 is 14.6 Å². The van der Waals surface area contributed by atoms with E-state index in [9.17, 15) is 14.7 Å². The van der Waals surface area contributed by atoms with Crippen molar-refractivity contribution in [1.82, 2.24) is 4.57 Å². The first kappa shape index (κ1) is 21.8. The van der Waals surface area contributed by atoms with E-state index in [2.05, 4.69) is 9.98 Å². The smallest absolute Gasteiger partial charge is 0.303 e. The number of hydrogen-bond acceptors (Lipinski definition) is 7. The van der Waals surface area contributed by atoms with Crippen LogP contribution in [-0.4, -0.2) is 33.0 Å². The van der Waals surface area contributed by atoms with E-state index in [4.69, 9.17) is 21.7 Å². The highest BCUT2D eigenvalue weighted by Crippen LogP contribution is 2.27. The number of aromatic nitrogens is 1. The SMILES string of the molecule is O=C(O)CCCCCn1c(O)c(C=c2ccc(=c3ccc4c(c3)C(=O)N=CN=4)o2)sc1=S. The summed E-state index contributed by atoms with van der Waals surface area (Å²) in [4.78, 5) is 30.9. The number of unbranched alkanes of at least 4 members (excludes halogenated alkanes) is 2. The van der Waals surface area contributed by atoms with Crippen LogP contribution in [0.15, 0.2) is 44.7 Å². The monoisotopic (exact) mass is 469 g/mol. The van der Waals surface area contributed by atoms with Gasteiger partial charge in [0, 0.05) is 24.3 Å². The highest BCUT2D eigenvalue weighted by atomic mass is 32.1. The molecule has 1 amide bonds. The molecular weight excluding hydrogens is 450 g/mol. The van der Waals surface area contributed by atoms with E-state index in [0.29, 0.717) is 43.5 Å². The van der Waals surface area contributed by atoms with Crippen molar-refractivity contribution in [3.63, 3.8) is 0 Å². The fourth-order valence-electron chi connectivity index (χ4n) is 3.33. The Hall–Kier alpha value is -3.37. The van der Waals surface area contributed by atoms with Crippen molar-refractivity contribution < 1.29 is 24.2 Å². The Labute approximate surface area is 190 Å². The van der Waals surface area contributed by atoms with Crippen LogP contribution < -0.4 is 10.8 Å². The van der Waals surface area contributed by atoms with Gasteiger partial charge in [0.1, 0.15) is 17.2 Å². The van der Waals surface area contributed by atoms with Crippen LogP contribution in [0.4, 0.5) is 0 Å². The Balaban J connectivity index is 1.60. The average molecular weight is 470 g/mol. The first-order valence-electron chi connectivity index (χ1n) is 9.93. The summed E-state index contributed by atoms with van der Waals surface area (Å²) in [6, 6.07) is 8.82. The molecule has 8 nitrogen and oxygen atoms in total. The second-order valence-corrected chi connectivity index (χ2v) is 8.84. The van der Waals surface area contributed by atoms with Crippen molar-refractivity contribution in [2.75, 3.05) is 0 Å². The number of amides is 1. The van der Waals surface area contributed by atoms with Crippen molar-refractivity contribution in [2.24, 2.45) is 9.98 Å². The lowest BCUT2D eigenvalue weighted by atomic mass is 10.1. The zero-order valence-electron chi connectivity index (χ0n) is 16.9. The average Bonchev–Trinajstić information content (AvgIpc) is 3.33. The van der Waals surface area contributed by atoms with Crippen molar-refractivity contribution >= 4 is 47.8 Å². The van der Waals surface area contributed by atoms with Crippen LogP contribution >= 0.6 is 23.6 Å². The molecule has 1 aromatic carbocycles. The van der Waals surface area contributed by atoms with Gasteiger partial charge in [0.2, 0.25) is 5.88 Å². The summed E-state index contributed by atoms with van der Waals surface area (Å²) in [5.41, 5.74) is 1.53. The number of rotatable bonds is 7. The van der Waals surface area contributed by atoms with Crippen LogP contribution in [-0.2, 0) is 11.3 Å². The van der Waals surface area contributed by atoms with Gasteiger partial charge in [0.25, 0.3) is 5.91 Å². The minimum absolute atomic E-state index is 0.0648. The zero-order chi connectivity index (χ0) is 22.7. The molecule has 0 saturated carbocycles. The van der Waals surface area contributed by atoms with Gasteiger partial charge in [-0.15, -0.1) is 11.3 Å². The maximum Gasteiger partial charge on any atom is 0.303 e. The van der Waals surface area contributed by atoms with Crippen LogP contribution in [0, 0.1) is 14.6 Å². The second-order valence-electron chi connectivity index (χ2n) is 7.17. The Morgan fingerprint density at radius 2 is 2.06 bits per heavy atom. The Morgan fingerprint density at radius 3 is 2.88 bits per heavy atom. The van der Waals surface area contributed by atoms with E-state index < -0.39 is 5.97 Å². The maximum atomic E-state index is 12.0. The fraction of sp³-hybridized carbons (Fsp3) is 0.227. The standard InChI is InChI=1S/C22H19N3O5S2/c26-19(27)4-2-1-3-9-25-21(29)18(32-22(25)31)11-14-6-8-17(30-14)13-5-7-16-15(10-13)20(28)24-12-23-16/h5-8,10-12,29H,1-4,9H2,(H,26,27). The molecular formula is C22H19N3O5S2. The summed E-state index contributed by atoms with van der Waals surface area (Å²) < 4.78 is 8.09. The molecule has 0 bridgehead atoms. The first-order chi connectivity index (χ1) is 15.4. The lowest BCUT2D eigenvalue weighted by molar-refractivity contribution is -0.137. The number of aliphatic carboxylic acids is 1. The van der Waals surface area contributed by atoms with Gasteiger partial charge in [0.05, 0.1) is 15.8 Å². The Kier molecular flexibility index (Phi) is 6.42. The number of carboxylic acids is 1. The molecule has 4 rings (SSSR count). The lowest BCUT2D eigenvalue weighted by Gasteiger charge is -2.04. The van der Waals surface area contributed by atoms with Crippen LogP contribution in [0.2, 0.25) is 0 Å². The number of aliphatic imine (C=N–C) groups is 1. The third kappa shape index (κ3) is 4.76. The number of carbonyl (C=O) groups is 2. The maximum absolute atomic E-state index is 12.0. The van der Waals surface area contributed by atoms with E-state index in [0.717, 1.165) is 18.1 Å². The number of carboxylic acid groups (broad SMARTS) is 1. The molecule has 1 aliphatic heterocycles. The number of thiazole rings is 1. The topological polar surface area (TPSA) is 117 Å². The van der Waals surface area contributed by atoms with Crippen molar-refractivity contribution in [3.05, 3.63) is 66.1 Å². The lowest BCUT2D eigenvalue weighted by Crippen LogP contribution is -2.17. The van der Waals surface area contributed by atoms with E-state index in [-0.39, 0.29) is 18.2 Å². The first-order valence-corrected chi connectivity index (χ1v) is 11.2. The number of nitrogens with zero attached hydrogens (tertiary/aromatic N) is 3. The van der Waals surface area contributed by atoms with Crippen LogP contribution in [0.5, 0.6) is 5.88 Å². The van der Waals surface area contributed by atoms with E-state index in [1.807, 2.05) is 6.07 Å². The van der Waals surface area contributed by atoms with Gasteiger partial charge in [-0.3, -0.25) is 14.2 Å². The predicted molar refractivity (Wildman–Crippen MR) is 121 cm³/mol. The summed E-state index contributed by atoms with van der Waals surface area (Å²) in [5, 5.41) is 20.6. The van der Waals surface area contributed by atoms with Gasteiger partial charge in [-0.05, 0) is 55.4 Å². The number of furan rings is 1. The fourth-order valence-corrected chi connectivity index (χ4v) is 4.63. The summed E-state index contributed by atoms with van der Waals surface area (Å²) in [5.74, 6) is -1.08. The van der Waals surface area contributed by atoms with Crippen molar-refractivity contribution in [3.8, 4) is 5.88 Å². The van der Waals surface area contributed by atoms with Gasteiger partial charge in [-0.1, -0.05) is 6.42 Å². The summed E-state index contributed by atoms with van der Waals surface area (Å²) >= 11 is 6.64.